The predicted molar refractivity (Wildman–Crippen MR) is 89.0 cm³/mol. The Morgan fingerprint density at radius 2 is 1.67 bits per heavy atom. The first kappa shape index (κ1) is 17.4. The van der Waals surface area contributed by atoms with Crippen molar-refractivity contribution in [3.63, 3.8) is 0 Å². The van der Waals surface area contributed by atoms with Crippen molar-refractivity contribution in [2.24, 2.45) is 10.2 Å². The summed E-state index contributed by atoms with van der Waals surface area (Å²) in [4.78, 5) is 23.6. The second-order valence-corrected chi connectivity index (χ2v) is 5.00. The van der Waals surface area contributed by atoms with Crippen LogP contribution in [0, 0.1) is 0 Å². The number of Topliss-reactive ketones (excluding diaryl/α,β-unsaturated/α-hetero) is 1. The van der Waals surface area contributed by atoms with E-state index in [1.165, 1.54) is 0 Å². The van der Waals surface area contributed by atoms with Gasteiger partial charge in [0.25, 0.3) is 5.78 Å². The summed E-state index contributed by atoms with van der Waals surface area (Å²) in [6, 6.07) is 14.6. The summed E-state index contributed by atoms with van der Waals surface area (Å²) in [7, 11) is 1.06. The van der Waals surface area contributed by atoms with Crippen molar-refractivity contribution in [2.45, 2.75) is 0 Å². The SMILES string of the molecule is COC(=O)C(=O)/C(N=Nc1ccc(Cl)cc1)=C(\O)c1ccccc1. The van der Waals surface area contributed by atoms with Crippen molar-refractivity contribution in [2.75, 3.05) is 7.11 Å². The van der Waals surface area contributed by atoms with E-state index in [1.54, 1.807) is 54.6 Å². The molecule has 6 nitrogen and oxygen atoms in total. The molecule has 0 atom stereocenters. The smallest absolute Gasteiger partial charge is 0.381 e. The monoisotopic (exact) mass is 344 g/mol. The zero-order valence-corrected chi connectivity index (χ0v) is 13.4. The van der Waals surface area contributed by atoms with Crippen LogP contribution in [-0.2, 0) is 14.3 Å². The maximum Gasteiger partial charge on any atom is 0.381 e. The number of ether oxygens (including phenoxy) is 1. The van der Waals surface area contributed by atoms with Crippen molar-refractivity contribution < 1.29 is 19.4 Å². The average Bonchev–Trinajstić information content (AvgIpc) is 2.63. The fourth-order valence-electron chi connectivity index (χ4n) is 1.74. The molecule has 2 aromatic carbocycles. The fraction of sp³-hybridized carbons (Fsp3) is 0.0588. The minimum Gasteiger partial charge on any atom is -0.505 e. The van der Waals surface area contributed by atoms with E-state index < -0.39 is 23.2 Å². The van der Waals surface area contributed by atoms with E-state index in [9.17, 15) is 14.7 Å². The number of esters is 1. The number of halogens is 1. The third-order valence-corrected chi connectivity index (χ3v) is 3.20. The molecule has 1 N–H and O–H groups in total. The summed E-state index contributed by atoms with van der Waals surface area (Å²) < 4.78 is 4.39. The summed E-state index contributed by atoms with van der Waals surface area (Å²) >= 11 is 5.78. The van der Waals surface area contributed by atoms with Crippen molar-refractivity contribution >= 4 is 34.8 Å². The third kappa shape index (κ3) is 4.27. The van der Waals surface area contributed by atoms with Gasteiger partial charge in [-0.1, -0.05) is 41.9 Å². The van der Waals surface area contributed by atoms with Crippen molar-refractivity contribution in [3.05, 3.63) is 70.9 Å². The molecule has 122 valence electrons. The highest BCUT2D eigenvalue weighted by molar-refractivity contribution is 6.41. The molecule has 0 aromatic heterocycles. The molecule has 0 spiro atoms. The molecular weight excluding hydrogens is 332 g/mol. The molecule has 2 rings (SSSR count). The Bertz CT molecular complexity index is 799. The van der Waals surface area contributed by atoms with Crippen LogP contribution in [0.25, 0.3) is 5.76 Å². The highest BCUT2D eigenvalue weighted by Gasteiger charge is 2.24. The minimum atomic E-state index is -1.15. The molecule has 0 bridgehead atoms. The quantitative estimate of drug-likeness (QED) is 0.291. The number of azo groups is 1. The third-order valence-electron chi connectivity index (χ3n) is 2.95. The summed E-state index contributed by atoms with van der Waals surface area (Å²) in [5.41, 5.74) is 0.207. The lowest BCUT2D eigenvalue weighted by molar-refractivity contribution is -0.149. The number of aliphatic hydroxyl groups is 1. The van der Waals surface area contributed by atoms with Crippen molar-refractivity contribution in [1.82, 2.24) is 0 Å². The average molecular weight is 345 g/mol. The molecule has 0 aliphatic carbocycles. The van der Waals surface area contributed by atoms with Gasteiger partial charge in [0.15, 0.2) is 11.5 Å². The number of methoxy groups -OCH3 is 1. The van der Waals surface area contributed by atoms with E-state index in [2.05, 4.69) is 15.0 Å². The van der Waals surface area contributed by atoms with Crippen LogP contribution in [0.1, 0.15) is 5.56 Å². The highest BCUT2D eigenvalue weighted by Crippen LogP contribution is 2.22. The van der Waals surface area contributed by atoms with E-state index in [4.69, 9.17) is 11.6 Å². The van der Waals surface area contributed by atoms with Gasteiger partial charge in [0.1, 0.15) is 0 Å². The number of hydrogen-bond donors (Lipinski definition) is 1. The lowest BCUT2D eigenvalue weighted by Crippen LogP contribution is -2.18. The van der Waals surface area contributed by atoms with E-state index in [1.807, 2.05) is 0 Å². The number of rotatable bonds is 5. The number of ketones is 1. The Kier molecular flexibility index (Phi) is 5.81. The maximum absolute atomic E-state index is 12.1. The largest absolute Gasteiger partial charge is 0.505 e. The van der Waals surface area contributed by atoms with Gasteiger partial charge >= 0.3 is 5.97 Å². The molecule has 7 heteroatoms. The van der Waals surface area contributed by atoms with Crippen molar-refractivity contribution in [1.29, 1.82) is 0 Å². The van der Waals surface area contributed by atoms with Gasteiger partial charge in [0.05, 0.1) is 12.8 Å². The summed E-state index contributed by atoms with van der Waals surface area (Å²) in [5.74, 6) is -2.72. The molecule has 2 aromatic rings. The van der Waals surface area contributed by atoms with E-state index in [0.29, 0.717) is 16.3 Å². The van der Waals surface area contributed by atoms with Crippen LogP contribution in [0.2, 0.25) is 5.02 Å². The van der Waals surface area contributed by atoms with Gasteiger partial charge in [-0.3, -0.25) is 4.79 Å². The molecule has 0 amide bonds. The Morgan fingerprint density at radius 1 is 1.04 bits per heavy atom. The zero-order valence-electron chi connectivity index (χ0n) is 12.6. The first-order valence-corrected chi connectivity index (χ1v) is 7.19. The molecule has 24 heavy (non-hydrogen) atoms. The van der Waals surface area contributed by atoms with Crippen LogP contribution in [0.4, 0.5) is 5.69 Å². The van der Waals surface area contributed by atoms with Gasteiger partial charge in [-0.15, -0.1) is 5.11 Å². The van der Waals surface area contributed by atoms with E-state index >= 15 is 0 Å². The maximum atomic E-state index is 12.1. The standard InChI is InChI=1S/C17H13ClN2O4/c1-24-17(23)16(22)14(15(21)11-5-3-2-4-6-11)20-19-13-9-7-12(18)8-10-13/h2-10,21H,1H3/b15-14+,20-19?. The van der Waals surface area contributed by atoms with Gasteiger partial charge in [0, 0.05) is 10.6 Å². The lowest BCUT2D eigenvalue weighted by atomic mass is 10.1. The molecule has 0 fully saturated rings. The molecule has 0 unspecified atom stereocenters. The topological polar surface area (TPSA) is 88.3 Å². The van der Waals surface area contributed by atoms with Crippen LogP contribution < -0.4 is 0 Å². The van der Waals surface area contributed by atoms with Gasteiger partial charge in [-0.05, 0) is 24.3 Å². The minimum absolute atomic E-state index is 0.319. The summed E-state index contributed by atoms with van der Waals surface area (Å²) in [6.45, 7) is 0. The molecule has 0 aliphatic heterocycles. The van der Waals surface area contributed by atoms with Crippen LogP contribution in [0.3, 0.4) is 0 Å². The molecule has 0 radical (unpaired) electrons. The predicted octanol–water partition coefficient (Wildman–Crippen LogP) is 4.09. The Hall–Kier alpha value is -2.99. The van der Waals surface area contributed by atoms with Crippen LogP contribution in [0.5, 0.6) is 0 Å². The van der Waals surface area contributed by atoms with Gasteiger partial charge < -0.3 is 9.84 Å². The van der Waals surface area contributed by atoms with Crippen LogP contribution in [0.15, 0.2) is 70.5 Å². The molecule has 0 saturated heterocycles. The van der Waals surface area contributed by atoms with Crippen LogP contribution in [-0.4, -0.2) is 24.0 Å². The second-order valence-electron chi connectivity index (χ2n) is 4.56. The number of nitrogens with zero attached hydrogens (tertiary/aromatic N) is 2. The van der Waals surface area contributed by atoms with Crippen molar-refractivity contribution in [3.8, 4) is 0 Å². The second kappa shape index (κ2) is 8.03. The van der Waals surface area contributed by atoms with Gasteiger partial charge in [-0.2, -0.15) is 5.11 Å². The molecule has 0 heterocycles. The Morgan fingerprint density at radius 3 is 2.25 bits per heavy atom. The first-order chi connectivity index (χ1) is 11.5. The van der Waals surface area contributed by atoms with Crippen LogP contribution >= 0.6 is 11.6 Å². The Balaban J connectivity index is 2.45. The van der Waals surface area contributed by atoms with Gasteiger partial charge in [0.2, 0.25) is 0 Å². The number of benzene rings is 2. The number of carbonyl (C=O) groups is 2. The molecule has 0 saturated carbocycles. The van der Waals surface area contributed by atoms with E-state index in [0.717, 1.165) is 7.11 Å². The lowest BCUT2D eigenvalue weighted by Gasteiger charge is -2.04. The van der Waals surface area contributed by atoms with Gasteiger partial charge in [-0.25, -0.2) is 4.79 Å². The number of aliphatic hydroxyl groups excluding tert-OH is 1. The fourth-order valence-corrected chi connectivity index (χ4v) is 1.86. The zero-order chi connectivity index (χ0) is 17.5. The number of carbonyl (C=O) groups excluding carboxylic acids is 2. The number of hydrogen-bond acceptors (Lipinski definition) is 6. The normalized spacial score (nSPS) is 11.9. The molecular formula is C17H13ClN2O4. The summed E-state index contributed by atoms with van der Waals surface area (Å²) in [6.07, 6.45) is 0. The summed E-state index contributed by atoms with van der Waals surface area (Å²) in [5, 5.41) is 18.4. The first-order valence-electron chi connectivity index (χ1n) is 6.81. The Labute approximate surface area is 143 Å². The molecule has 0 aliphatic rings. The van der Waals surface area contributed by atoms with E-state index in [-0.39, 0.29) is 0 Å². The highest BCUT2D eigenvalue weighted by atomic mass is 35.5.